The minimum Gasteiger partial charge on any atom is -0.425 e. The lowest BCUT2D eigenvalue weighted by atomic mass is 10.2. The monoisotopic (exact) mass is 196 g/mol. The molecule has 0 spiro atoms. The maximum absolute atomic E-state index is 11.0. The molecule has 0 aromatic heterocycles. The summed E-state index contributed by atoms with van der Waals surface area (Å²) in [6, 6.07) is 6.82. The highest BCUT2D eigenvalue weighted by molar-refractivity contribution is 5.77. The van der Waals surface area contributed by atoms with Crippen molar-refractivity contribution in [3.05, 3.63) is 29.8 Å². The fourth-order valence-electron chi connectivity index (χ4n) is 0.865. The first-order valence-corrected chi connectivity index (χ1v) is 4.21. The molecule has 1 atom stereocenters. The van der Waals surface area contributed by atoms with Gasteiger partial charge in [-0.05, 0) is 19.1 Å². The highest BCUT2D eigenvalue weighted by atomic mass is 16.6. The zero-order valence-corrected chi connectivity index (χ0v) is 7.80. The van der Waals surface area contributed by atoms with E-state index in [0.717, 1.165) is 5.56 Å². The predicted molar refractivity (Wildman–Crippen MR) is 49.9 cm³/mol. The molecule has 4 heteroatoms. The van der Waals surface area contributed by atoms with E-state index < -0.39 is 18.7 Å². The SMILES string of the molecule is Cc1ccc(OC(=O)C(O)CO)cc1. The second-order valence-electron chi connectivity index (χ2n) is 2.93. The number of hydrogen-bond acceptors (Lipinski definition) is 4. The maximum atomic E-state index is 11.0. The number of hydrogen-bond donors (Lipinski definition) is 2. The molecule has 0 saturated carbocycles. The molecule has 14 heavy (non-hydrogen) atoms. The van der Waals surface area contributed by atoms with Gasteiger partial charge in [-0.2, -0.15) is 0 Å². The number of ether oxygens (including phenoxy) is 1. The highest BCUT2D eigenvalue weighted by Gasteiger charge is 2.15. The molecule has 4 nitrogen and oxygen atoms in total. The van der Waals surface area contributed by atoms with Crippen LogP contribution in [0.3, 0.4) is 0 Å². The van der Waals surface area contributed by atoms with Gasteiger partial charge in [0.05, 0.1) is 6.61 Å². The summed E-state index contributed by atoms with van der Waals surface area (Å²) in [5, 5.41) is 17.4. The first kappa shape index (κ1) is 10.7. The quantitative estimate of drug-likeness (QED) is 0.537. The molecular weight excluding hydrogens is 184 g/mol. The second kappa shape index (κ2) is 4.74. The van der Waals surface area contributed by atoms with Crippen LogP contribution in [0.1, 0.15) is 5.56 Å². The molecule has 0 saturated heterocycles. The van der Waals surface area contributed by atoms with Gasteiger partial charge in [-0.3, -0.25) is 0 Å². The number of benzene rings is 1. The number of rotatable bonds is 3. The number of esters is 1. The van der Waals surface area contributed by atoms with Crippen molar-refractivity contribution in [1.82, 2.24) is 0 Å². The third kappa shape index (κ3) is 2.83. The number of carbonyl (C=O) groups is 1. The molecular formula is C10H12O4. The van der Waals surface area contributed by atoms with Gasteiger partial charge in [0, 0.05) is 0 Å². The maximum Gasteiger partial charge on any atom is 0.342 e. The van der Waals surface area contributed by atoms with Crippen molar-refractivity contribution in [2.24, 2.45) is 0 Å². The standard InChI is InChI=1S/C10H12O4/c1-7-2-4-8(5-3-7)14-10(13)9(12)6-11/h2-5,9,11-12H,6H2,1H3. The molecule has 0 aliphatic rings. The number of aliphatic hydroxyl groups excluding tert-OH is 2. The average molecular weight is 196 g/mol. The van der Waals surface area contributed by atoms with Gasteiger partial charge in [0.15, 0.2) is 6.10 Å². The fourth-order valence-corrected chi connectivity index (χ4v) is 0.865. The summed E-state index contributed by atoms with van der Waals surface area (Å²) in [4.78, 5) is 11.0. The zero-order chi connectivity index (χ0) is 10.6. The summed E-state index contributed by atoms with van der Waals surface area (Å²) in [6.45, 7) is 1.28. The lowest BCUT2D eigenvalue weighted by Gasteiger charge is -2.07. The van der Waals surface area contributed by atoms with Crippen LogP contribution in [0, 0.1) is 6.92 Å². The van der Waals surface area contributed by atoms with Crippen molar-refractivity contribution in [2.45, 2.75) is 13.0 Å². The lowest BCUT2D eigenvalue weighted by Crippen LogP contribution is -2.28. The summed E-state index contributed by atoms with van der Waals surface area (Å²) >= 11 is 0. The predicted octanol–water partition coefficient (Wildman–Crippen LogP) is 0.254. The Morgan fingerprint density at radius 3 is 2.50 bits per heavy atom. The fraction of sp³-hybridized carbons (Fsp3) is 0.300. The Labute approximate surface area is 81.8 Å². The number of carbonyl (C=O) groups excluding carboxylic acids is 1. The van der Waals surface area contributed by atoms with Crippen LogP contribution in [0.4, 0.5) is 0 Å². The third-order valence-corrected chi connectivity index (χ3v) is 1.68. The highest BCUT2D eigenvalue weighted by Crippen LogP contribution is 2.11. The van der Waals surface area contributed by atoms with E-state index in [9.17, 15) is 4.79 Å². The largest absolute Gasteiger partial charge is 0.425 e. The van der Waals surface area contributed by atoms with E-state index in [0.29, 0.717) is 5.75 Å². The van der Waals surface area contributed by atoms with E-state index >= 15 is 0 Å². The molecule has 1 aromatic carbocycles. The molecule has 0 fully saturated rings. The third-order valence-electron chi connectivity index (χ3n) is 1.68. The van der Waals surface area contributed by atoms with Gasteiger partial charge in [-0.15, -0.1) is 0 Å². The van der Waals surface area contributed by atoms with Gasteiger partial charge in [0.2, 0.25) is 0 Å². The summed E-state index contributed by atoms with van der Waals surface area (Å²) in [5.41, 5.74) is 1.05. The van der Waals surface area contributed by atoms with Crippen molar-refractivity contribution in [1.29, 1.82) is 0 Å². The summed E-state index contributed by atoms with van der Waals surface area (Å²) in [7, 11) is 0. The lowest BCUT2D eigenvalue weighted by molar-refractivity contribution is -0.145. The van der Waals surface area contributed by atoms with E-state index in [4.69, 9.17) is 14.9 Å². The van der Waals surface area contributed by atoms with Crippen LogP contribution in [0.5, 0.6) is 5.75 Å². The molecule has 0 amide bonds. The van der Waals surface area contributed by atoms with Gasteiger partial charge in [-0.25, -0.2) is 4.79 Å². The Hall–Kier alpha value is -1.39. The topological polar surface area (TPSA) is 66.8 Å². The average Bonchev–Trinajstić information content (AvgIpc) is 2.20. The van der Waals surface area contributed by atoms with Crippen molar-refractivity contribution in [3.8, 4) is 5.75 Å². The molecule has 76 valence electrons. The molecule has 0 bridgehead atoms. The van der Waals surface area contributed by atoms with Crippen LogP contribution in [-0.4, -0.2) is 28.9 Å². The zero-order valence-electron chi connectivity index (χ0n) is 7.80. The molecule has 1 unspecified atom stereocenters. The molecule has 1 rings (SSSR count). The number of aliphatic hydroxyl groups is 2. The van der Waals surface area contributed by atoms with Crippen LogP contribution in [0.15, 0.2) is 24.3 Å². The number of aryl methyl sites for hydroxylation is 1. The smallest absolute Gasteiger partial charge is 0.342 e. The van der Waals surface area contributed by atoms with Gasteiger partial charge in [-0.1, -0.05) is 17.7 Å². The molecule has 1 aromatic rings. The van der Waals surface area contributed by atoms with Crippen LogP contribution < -0.4 is 4.74 Å². The first-order valence-electron chi connectivity index (χ1n) is 4.21. The van der Waals surface area contributed by atoms with Crippen molar-refractivity contribution in [2.75, 3.05) is 6.61 Å². The van der Waals surface area contributed by atoms with Gasteiger partial charge < -0.3 is 14.9 Å². The van der Waals surface area contributed by atoms with E-state index in [1.165, 1.54) is 0 Å². The Kier molecular flexibility index (Phi) is 3.62. The summed E-state index contributed by atoms with van der Waals surface area (Å²) in [6.07, 6.45) is -1.48. The molecule has 2 N–H and O–H groups in total. The van der Waals surface area contributed by atoms with E-state index in [-0.39, 0.29) is 0 Å². The van der Waals surface area contributed by atoms with Crippen molar-refractivity contribution >= 4 is 5.97 Å². The van der Waals surface area contributed by atoms with Gasteiger partial charge in [0.25, 0.3) is 0 Å². The Bertz CT molecular complexity index is 304. The molecule has 0 heterocycles. The molecule has 0 aliphatic heterocycles. The van der Waals surface area contributed by atoms with E-state index in [2.05, 4.69) is 0 Å². The van der Waals surface area contributed by atoms with Crippen molar-refractivity contribution < 1.29 is 19.7 Å². The van der Waals surface area contributed by atoms with E-state index in [1.54, 1.807) is 24.3 Å². The van der Waals surface area contributed by atoms with E-state index in [1.807, 2.05) is 6.92 Å². The summed E-state index contributed by atoms with van der Waals surface area (Å²) in [5.74, 6) is -0.496. The van der Waals surface area contributed by atoms with Gasteiger partial charge in [0.1, 0.15) is 5.75 Å². The summed E-state index contributed by atoms with van der Waals surface area (Å²) < 4.78 is 4.77. The van der Waals surface area contributed by atoms with Crippen LogP contribution >= 0.6 is 0 Å². The van der Waals surface area contributed by atoms with Crippen LogP contribution in [0.2, 0.25) is 0 Å². The first-order chi connectivity index (χ1) is 6.63. The molecule has 0 aliphatic carbocycles. The Morgan fingerprint density at radius 1 is 1.43 bits per heavy atom. The van der Waals surface area contributed by atoms with Crippen LogP contribution in [0.25, 0.3) is 0 Å². The second-order valence-corrected chi connectivity index (χ2v) is 2.93. The minimum atomic E-state index is -1.48. The Morgan fingerprint density at radius 2 is 2.00 bits per heavy atom. The van der Waals surface area contributed by atoms with Crippen LogP contribution in [-0.2, 0) is 4.79 Å². The Balaban J connectivity index is 2.60. The molecule has 0 radical (unpaired) electrons. The normalized spacial score (nSPS) is 12.2. The van der Waals surface area contributed by atoms with Gasteiger partial charge >= 0.3 is 5.97 Å². The van der Waals surface area contributed by atoms with Crippen molar-refractivity contribution in [3.63, 3.8) is 0 Å². The minimum absolute atomic E-state index is 0.355.